The fraction of sp³-hybridized carbons (Fsp3) is 0.438. The first-order valence-corrected chi connectivity index (χ1v) is 8.28. The van der Waals surface area contributed by atoms with Gasteiger partial charge in [-0.2, -0.15) is 0 Å². The van der Waals surface area contributed by atoms with Crippen molar-refractivity contribution in [2.24, 2.45) is 0 Å². The van der Waals surface area contributed by atoms with Crippen molar-refractivity contribution >= 4 is 15.9 Å². The van der Waals surface area contributed by atoms with Crippen molar-refractivity contribution < 1.29 is 9.13 Å². The third-order valence-electron chi connectivity index (χ3n) is 4.00. The first kappa shape index (κ1) is 15.6. The molecule has 3 rings (SSSR count). The second-order valence-electron chi connectivity index (χ2n) is 5.37. The molecule has 1 fully saturated rings. The predicted octanol–water partition coefficient (Wildman–Crippen LogP) is 3.42. The van der Waals surface area contributed by atoms with E-state index < -0.39 is 0 Å². The summed E-state index contributed by atoms with van der Waals surface area (Å²) in [7, 11) is 0. The predicted molar refractivity (Wildman–Crippen MR) is 85.9 cm³/mol. The number of aryl methyl sites for hydroxylation is 1. The summed E-state index contributed by atoms with van der Waals surface area (Å²) in [6.07, 6.45) is 4.65. The van der Waals surface area contributed by atoms with Gasteiger partial charge in [-0.15, -0.1) is 0 Å². The lowest BCUT2D eigenvalue weighted by Crippen LogP contribution is -2.32. The van der Waals surface area contributed by atoms with Gasteiger partial charge in [0.1, 0.15) is 17.7 Å². The van der Waals surface area contributed by atoms with Crippen molar-refractivity contribution in [2.45, 2.75) is 38.6 Å². The summed E-state index contributed by atoms with van der Waals surface area (Å²) in [5.41, 5.74) is 0.907. The minimum atomic E-state index is -0.222. The molecule has 0 unspecified atom stereocenters. The molecule has 0 bridgehead atoms. The van der Waals surface area contributed by atoms with Gasteiger partial charge in [0, 0.05) is 42.6 Å². The second-order valence-corrected chi connectivity index (χ2v) is 6.23. The minimum absolute atomic E-state index is 0.0534. The Balaban J connectivity index is 1.70. The van der Waals surface area contributed by atoms with Crippen molar-refractivity contribution in [3.63, 3.8) is 0 Å². The topological polar surface area (TPSA) is 39.1 Å². The molecule has 1 saturated heterocycles. The largest absolute Gasteiger partial charge is 0.369 e. The molecule has 1 aromatic carbocycles. The lowest BCUT2D eigenvalue weighted by atomic mass is 10.1. The van der Waals surface area contributed by atoms with Gasteiger partial charge in [-0.3, -0.25) is 0 Å². The molecule has 2 aromatic rings. The van der Waals surface area contributed by atoms with Crippen LogP contribution in [0.3, 0.4) is 0 Å². The zero-order valence-corrected chi connectivity index (χ0v) is 14.0. The number of rotatable bonds is 5. The van der Waals surface area contributed by atoms with Gasteiger partial charge in [-0.1, -0.05) is 15.9 Å². The van der Waals surface area contributed by atoms with Gasteiger partial charge in [0.05, 0.1) is 0 Å². The summed E-state index contributed by atoms with van der Waals surface area (Å²) in [6, 6.07) is 4.92. The van der Waals surface area contributed by atoms with Gasteiger partial charge in [-0.25, -0.2) is 9.37 Å². The van der Waals surface area contributed by atoms with E-state index >= 15 is 0 Å². The van der Waals surface area contributed by atoms with Crippen LogP contribution in [0.25, 0.3) is 0 Å². The van der Waals surface area contributed by atoms with E-state index in [1.54, 1.807) is 18.3 Å². The highest BCUT2D eigenvalue weighted by Gasteiger charge is 2.32. The monoisotopic (exact) mass is 367 g/mol. The van der Waals surface area contributed by atoms with Gasteiger partial charge in [0.25, 0.3) is 0 Å². The molecule has 0 spiro atoms. The van der Waals surface area contributed by atoms with Crippen LogP contribution in [0.5, 0.6) is 0 Å². The number of nitrogens with one attached hydrogen (secondary N) is 1. The van der Waals surface area contributed by atoms with Crippen molar-refractivity contribution in [2.75, 3.05) is 6.61 Å². The molecule has 0 radical (unpaired) electrons. The maximum Gasteiger partial charge on any atom is 0.139 e. The SMILES string of the molecule is CCn1ccnc1[C@H]1OCC[C@@H]1NCc1cc(F)ccc1Br. The van der Waals surface area contributed by atoms with Crippen LogP contribution in [-0.2, 0) is 17.8 Å². The fourth-order valence-electron chi connectivity index (χ4n) is 2.82. The standard InChI is InChI=1S/C16H19BrFN3O/c1-2-21-7-6-19-16(21)15-14(5-8-22-15)20-10-11-9-12(18)3-4-13(11)17/h3-4,6-7,9,14-15,20H,2,5,8,10H2,1H3/t14-,15-/m0/s1. The summed E-state index contributed by atoms with van der Waals surface area (Å²) in [5, 5.41) is 3.48. The first-order chi connectivity index (χ1) is 10.7. The van der Waals surface area contributed by atoms with Gasteiger partial charge in [-0.05, 0) is 37.1 Å². The molecular formula is C16H19BrFN3O. The lowest BCUT2D eigenvalue weighted by molar-refractivity contribution is 0.0886. The van der Waals surface area contributed by atoms with Crippen molar-refractivity contribution in [1.82, 2.24) is 14.9 Å². The number of ether oxygens (including phenoxy) is 1. The molecule has 2 heterocycles. The van der Waals surface area contributed by atoms with Crippen LogP contribution < -0.4 is 5.32 Å². The molecule has 1 aliphatic rings. The number of nitrogens with zero attached hydrogens (tertiary/aromatic N) is 2. The van der Waals surface area contributed by atoms with Gasteiger partial charge >= 0.3 is 0 Å². The zero-order valence-electron chi connectivity index (χ0n) is 12.4. The average molecular weight is 368 g/mol. The van der Waals surface area contributed by atoms with E-state index in [0.29, 0.717) is 13.2 Å². The molecule has 22 heavy (non-hydrogen) atoms. The Morgan fingerprint density at radius 1 is 1.50 bits per heavy atom. The zero-order chi connectivity index (χ0) is 15.5. The maximum atomic E-state index is 13.4. The molecule has 2 atom stereocenters. The van der Waals surface area contributed by atoms with Crippen LogP contribution in [0.15, 0.2) is 35.1 Å². The van der Waals surface area contributed by atoms with E-state index in [9.17, 15) is 4.39 Å². The Morgan fingerprint density at radius 2 is 2.36 bits per heavy atom. The fourth-order valence-corrected chi connectivity index (χ4v) is 3.20. The smallest absolute Gasteiger partial charge is 0.139 e. The van der Waals surface area contributed by atoms with E-state index in [-0.39, 0.29) is 18.0 Å². The molecule has 0 aliphatic carbocycles. The van der Waals surface area contributed by atoms with Crippen LogP contribution in [0.2, 0.25) is 0 Å². The molecule has 1 N–H and O–H groups in total. The third kappa shape index (κ3) is 3.24. The van der Waals surface area contributed by atoms with Crippen LogP contribution in [-0.4, -0.2) is 22.2 Å². The Hall–Kier alpha value is -1.24. The summed E-state index contributed by atoms with van der Waals surface area (Å²) in [6.45, 7) is 4.27. The Morgan fingerprint density at radius 3 is 3.18 bits per heavy atom. The van der Waals surface area contributed by atoms with Gasteiger partial charge in [0.2, 0.25) is 0 Å². The number of hydrogen-bond donors (Lipinski definition) is 1. The molecule has 1 aromatic heterocycles. The molecular weight excluding hydrogens is 349 g/mol. The van der Waals surface area contributed by atoms with Crippen LogP contribution in [0.1, 0.15) is 30.8 Å². The normalized spacial score (nSPS) is 21.4. The lowest BCUT2D eigenvalue weighted by Gasteiger charge is -2.20. The molecule has 0 saturated carbocycles. The van der Waals surface area contributed by atoms with E-state index in [0.717, 1.165) is 28.8 Å². The highest BCUT2D eigenvalue weighted by molar-refractivity contribution is 9.10. The number of benzene rings is 1. The van der Waals surface area contributed by atoms with Gasteiger partial charge in [0.15, 0.2) is 0 Å². The van der Waals surface area contributed by atoms with Crippen molar-refractivity contribution in [3.8, 4) is 0 Å². The van der Waals surface area contributed by atoms with E-state index in [4.69, 9.17) is 4.74 Å². The van der Waals surface area contributed by atoms with Crippen LogP contribution in [0.4, 0.5) is 4.39 Å². The first-order valence-electron chi connectivity index (χ1n) is 7.49. The summed E-state index contributed by atoms with van der Waals surface area (Å²) in [4.78, 5) is 4.43. The van der Waals surface area contributed by atoms with E-state index in [1.165, 1.54) is 6.07 Å². The summed E-state index contributed by atoms with van der Waals surface area (Å²) < 4.78 is 22.2. The van der Waals surface area contributed by atoms with Crippen molar-refractivity contribution in [3.05, 3.63) is 52.3 Å². The number of imidazole rings is 1. The maximum absolute atomic E-state index is 13.4. The molecule has 118 valence electrons. The summed E-state index contributed by atoms with van der Waals surface area (Å²) >= 11 is 3.46. The van der Waals surface area contributed by atoms with E-state index in [1.807, 2.05) is 6.20 Å². The number of halogens is 2. The van der Waals surface area contributed by atoms with Crippen molar-refractivity contribution in [1.29, 1.82) is 0 Å². The van der Waals surface area contributed by atoms with Crippen LogP contribution >= 0.6 is 15.9 Å². The quantitative estimate of drug-likeness (QED) is 0.879. The Bertz CT molecular complexity index is 646. The molecule has 6 heteroatoms. The highest BCUT2D eigenvalue weighted by Crippen LogP contribution is 2.29. The minimum Gasteiger partial charge on any atom is -0.369 e. The summed E-state index contributed by atoms with van der Waals surface area (Å²) in [5.74, 6) is 0.733. The molecule has 1 aliphatic heterocycles. The number of aromatic nitrogens is 2. The Labute approximate surface area is 137 Å². The average Bonchev–Trinajstić information content (AvgIpc) is 3.15. The molecule has 4 nitrogen and oxygen atoms in total. The third-order valence-corrected chi connectivity index (χ3v) is 4.77. The van der Waals surface area contributed by atoms with Crippen LogP contribution in [0, 0.1) is 5.82 Å². The number of hydrogen-bond acceptors (Lipinski definition) is 3. The van der Waals surface area contributed by atoms with E-state index in [2.05, 4.69) is 37.7 Å². The Kier molecular flexibility index (Phi) is 4.90. The second kappa shape index (κ2) is 6.89. The highest BCUT2D eigenvalue weighted by atomic mass is 79.9. The van der Waals surface area contributed by atoms with Gasteiger partial charge < -0.3 is 14.6 Å². The molecule has 0 amide bonds.